The minimum Gasteiger partial charge on any atom is -0.350 e. The number of benzene rings is 4. The summed E-state index contributed by atoms with van der Waals surface area (Å²) in [7, 11) is -4.16. The minimum absolute atomic E-state index is 0.000562. The van der Waals surface area contributed by atoms with Crippen LogP contribution in [0.15, 0.2) is 114 Å². The van der Waals surface area contributed by atoms with Crippen LogP contribution in [-0.4, -0.2) is 43.3 Å². The minimum atomic E-state index is -4.16. The zero-order chi connectivity index (χ0) is 31.9. The molecule has 230 valence electrons. The first kappa shape index (κ1) is 32.8. The average Bonchev–Trinajstić information content (AvgIpc) is 2.99. The highest BCUT2D eigenvalue weighted by Gasteiger charge is 2.36. The van der Waals surface area contributed by atoms with Gasteiger partial charge in [-0.25, -0.2) is 8.42 Å². The van der Waals surface area contributed by atoms with Crippen LogP contribution in [0, 0.1) is 6.92 Å². The predicted molar refractivity (Wildman–Crippen MR) is 176 cm³/mol. The molecule has 0 aliphatic carbocycles. The Labute approximate surface area is 265 Å². The lowest BCUT2D eigenvalue weighted by molar-refractivity contribution is -0.140. The van der Waals surface area contributed by atoms with E-state index < -0.39 is 34.1 Å². The molecule has 7 nitrogen and oxygen atoms in total. The highest BCUT2D eigenvalue weighted by Crippen LogP contribution is 2.28. The maximum absolute atomic E-state index is 14.5. The molecule has 4 aromatic rings. The number of rotatable bonds is 11. The average molecular weight is 632 g/mol. The lowest BCUT2D eigenvalue weighted by atomic mass is 10.0. The molecule has 1 N–H and O–H groups in total. The number of hydrogen-bond acceptors (Lipinski definition) is 4. The van der Waals surface area contributed by atoms with Crippen molar-refractivity contribution in [1.29, 1.82) is 0 Å². The van der Waals surface area contributed by atoms with Gasteiger partial charge in [0.25, 0.3) is 10.0 Å². The summed E-state index contributed by atoms with van der Waals surface area (Å²) in [4.78, 5) is 30.0. The number of amides is 2. The molecule has 0 fully saturated rings. The summed E-state index contributed by atoms with van der Waals surface area (Å²) in [6, 6.07) is 30.6. The third-order valence-corrected chi connectivity index (χ3v) is 9.20. The van der Waals surface area contributed by atoms with E-state index in [1.807, 2.05) is 63.2 Å². The normalized spacial score (nSPS) is 12.3. The van der Waals surface area contributed by atoms with Gasteiger partial charge in [-0.2, -0.15) is 0 Å². The van der Waals surface area contributed by atoms with E-state index in [1.54, 1.807) is 61.5 Å². The van der Waals surface area contributed by atoms with E-state index in [-0.39, 0.29) is 23.8 Å². The third kappa shape index (κ3) is 8.27. The monoisotopic (exact) mass is 631 g/mol. The van der Waals surface area contributed by atoms with Crippen LogP contribution in [-0.2, 0) is 32.6 Å². The van der Waals surface area contributed by atoms with E-state index >= 15 is 0 Å². The number of sulfonamides is 1. The lowest BCUT2D eigenvalue weighted by Crippen LogP contribution is -2.56. The molecule has 0 aliphatic rings. The van der Waals surface area contributed by atoms with Crippen molar-refractivity contribution in [1.82, 2.24) is 10.2 Å². The van der Waals surface area contributed by atoms with Gasteiger partial charge in [-0.05, 0) is 68.7 Å². The van der Waals surface area contributed by atoms with Crippen molar-refractivity contribution in [3.8, 4) is 0 Å². The first-order valence-electron chi connectivity index (χ1n) is 14.4. The van der Waals surface area contributed by atoms with Crippen LogP contribution in [0.25, 0.3) is 0 Å². The maximum Gasteiger partial charge on any atom is 0.264 e. The predicted octanol–water partition coefficient (Wildman–Crippen LogP) is 6.40. The lowest BCUT2D eigenvalue weighted by Gasteiger charge is -2.35. The molecule has 0 heterocycles. The molecule has 0 spiro atoms. The second-order valence-electron chi connectivity index (χ2n) is 11.7. The van der Waals surface area contributed by atoms with Crippen molar-refractivity contribution in [3.05, 3.63) is 131 Å². The van der Waals surface area contributed by atoms with Gasteiger partial charge in [0.1, 0.15) is 12.6 Å². The van der Waals surface area contributed by atoms with E-state index in [9.17, 15) is 18.0 Å². The number of carbonyl (C=O) groups is 2. The summed E-state index contributed by atoms with van der Waals surface area (Å²) in [6.45, 7) is 6.89. The summed E-state index contributed by atoms with van der Waals surface area (Å²) in [5, 5.41) is 3.47. The highest BCUT2D eigenvalue weighted by molar-refractivity contribution is 7.92. The number of aryl methyl sites for hydroxylation is 1. The quantitative estimate of drug-likeness (QED) is 0.208. The molecule has 44 heavy (non-hydrogen) atoms. The molecule has 1 atom stereocenters. The Balaban J connectivity index is 1.83. The van der Waals surface area contributed by atoms with Crippen molar-refractivity contribution in [2.75, 3.05) is 10.8 Å². The molecule has 4 rings (SSSR count). The van der Waals surface area contributed by atoms with Crippen LogP contribution in [0.3, 0.4) is 0 Å². The zero-order valence-electron chi connectivity index (χ0n) is 25.4. The summed E-state index contributed by atoms with van der Waals surface area (Å²) >= 11 is 6.55. The van der Waals surface area contributed by atoms with E-state index in [2.05, 4.69) is 5.32 Å². The molecule has 0 saturated heterocycles. The smallest absolute Gasteiger partial charge is 0.264 e. The van der Waals surface area contributed by atoms with Gasteiger partial charge in [0.2, 0.25) is 11.8 Å². The van der Waals surface area contributed by atoms with Crippen LogP contribution in [0.4, 0.5) is 5.69 Å². The molecule has 0 bridgehead atoms. The van der Waals surface area contributed by atoms with E-state index in [0.717, 1.165) is 9.87 Å². The first-order valence-corrected chi connectivity index (χ1v) is 16.2. The van der Waals surface area contributed by atoms with E-state index in [1.165, 1.54) is 17.0 Å². The fraction of sp³-hybridized carbons (Fsp3) is 0.257. The van der Waals surface area contributed by atoms with Crippen molar-refractivity contribution >= 4 is 39.1 Å². The van der Waals surface area contributed by atoms with E-state index in [0.29, 0.717) is 21.8 Å². The number of hydrogen-bond donors (Lipinski definition) is 1. The third-order valence-electron chi connectivity index (χ3n) is 7.06. The second-order valence-corrected chi connectivity index (χ2v) is 13.9. The second kappa shape index (κ2) is 14.1. The molecule has 0 aromatic heterocycles. The summed E-state index contributed by atoms with van der Waals surface area (Å²) < 4.78 is 29.3. The number of nitrogens with zero attached hydrogens (tertiary/aromatic N) is 2. The van der Waals surface area contributed by atoms with Crippen molar-refractivity contribution in [3.63, 3.8) is 0 Å². The van der Waals surface area contributed by atoms with Gasteiger partial charge in [-0.1, -0.05) is 96.5 Å². The Kier molecular flexibility index (Phi) is 10.5. The van der Waals surface area contributed by atoms with Gasteiger partial charge in [0, 0.05) is 23.5 Å². The van der Waals surface area contributed by atoms with Crippen LogP contribution in [0.2, 0.25) is 5.02 Å². The van der Waals surface area contributed by atoms with E-state index in [4.69, 9.17) is 11.6 Å². The Morgan fingerprint density at radius 1 is 0.818 bits per heavy atom. The zero-order valence-corrected chi connectivity index (χ0v) is 27.0. The number of halogens is 1. The summed E-state index contributed by atoms with van der Waals surface area (Å²) in [5.74, 6) is -0.896. The summed E-state index contributed by atoms with van der Waals surface area (Å²) in [6.07, 6.45) is 0.217. The molecule has 4 aromatic carbocycles. The Bertz CT molecular complexity index is 1690. The van der Waals surface area contributed by atoms with Crippen molar-refractivity contribution in [2.24, 2.45) is 0 Å². The van der Waals surface area contributed by atoms with Crippen molar-refractivity contribution < 1.29 is 18.0 Å². The molecule has 2 amide bonds. The Morgan fingerprint density at radius 2 is 1.39 bits per heavy atom. The van der Waals surface area contributed by atoms with Crippen LogP contribution < -0.4 is 9.62 Å². The van der Waals surface area contributed by atoms with Gasteiger partial charge in [0.15, 0.2) is 0 Å². The highest BCUT2D eigenvalue weighted by atomic mass is 35.5. The fourth-order valence-corrected chi connectivity index (χ4v) is 6.59. The van der Waals surface area contributed by atoms with Gasteiger partial charge in [-0.15, -0.1) is 0 Å². The molecular weight excluding hydrogens is 594 g/mol. The van der Waals surface area contributed by atoms with Crippen molar-refractivity contribution in [2.45, 2.75) is 57.1 Å². The largest absolute Gasteiger partial charge is 0.350 e. The Hall–Kier alpha value is -4.14. The SMILES string of the molecule is Cc1ccccc1N(CC(=O)N(Cc1ccccc1Cl)C(Cc1ccccc1)C(=O)NC(C)(C)C)S(=O)(=O)c1ccccc1. The van der Waals surface area contributed by atoms with Gasteiger partial charge < -0.3 is 10.2 Å². The molecule has 0 radical (unpaired) electrons. The molecule has 0 saturated carbocycles. The first-order chi connectivity index (χ1) is 20.9. The molecule has 0 aliphatic heterocycles. The van der Waals surface area contributed by atoms with Gasteiger partial charge >= 0.3 is 0 Å². The number of nitrogens with one attached hydrogen (secondary N) is 1. The maximum atomic E-state index is 14.5. The Morgan fingerprint density at radius 3 is 2.00 bits per heavy atom. The number of para-hydroxylation sites is 1. The van der Waals surface area contributed by atoms with Gasteiger partial charge in [0.05, 0.1) is 10.6 Å². The topological polar surface area (TPSA) is 86.8 Å². The van der Waals surface area contributed by atoms with Crippen LogP contribution in [0.5, 0.6) is 0 Å². The standard InChI is InChI=1S/C35H38ClN3O4S/c1-26-15-11-14-22-31(26)39(44(42,43)29-19-9-6-10-20-29)25-33(40)38(24-28-18-12-13-21-30(28)36)32(34(41)37-35(2,3)4)23-27-16-7-5-8-17-27/h5-22,32H,23-25H2,1-4H3,(H,37,41). The van der Waals surface area contributed by atoms with Crippen LogP contribution in [0.1, 0.15) is 37.5 Å². The van der Waals surface area contributed by atoms with Crippen LogP contribution >= 0.6 is 11.6 Å². The molecule has 9 heteroatoms. The molecular formula is C35H38ClN3O4S. The number of carbonyl (C=O) groups excluding carboxylic acids is 2. The number of anilines is 1. The fourth-order valence-electron chi connectivity index (χ4n) is 4.89. The summed E-state index contributed by atoms with van der Waals surface area (Å²) in [5.41, 5.74) is 1.98. The van der Waals surface area contributed by atoms with Gasteiger partial charge in [-0.3, -0.25) is 13.9 Å². The molecule has 1 unspecified atom stereocenters.